The van der Waals surface area contributed by atoms with Crippen molar-refractivity contribution in [3.05, 3.63) is 95.0 Å². The molecule has 5 heteroatoms. The smallest absolute Gasteiger partial charge is 0.275 e. The minimum atomic E-state index is -0.314. The van der Waals surface area contributed by atoms with Gasteiger partial charge in [-0.05, 0) is 36.4 Å². The van der Waals surface area contributed by atoms with Crippen LogP contribution in [0.1, 0.15) is 0 Å². The predicted molar refractivity (Wildman–Crippen MR) is 104 cm³/mol. The van der Waals surface area contributed by atoms with E-state index in [2.05, 4.69) is 4.98 Å². The number of rotatable bonds is 2. The van der Waals surface area contributed by atoms with E-state index >= 15 is 0 Å². The molecule has 0 atom stereocenters. The van der Waals surface area contributed by atoms with E-state index in [4.69, 9.17) is 4.98 Å². The van der Waals surface area contributed by atoms with Gasteiger partial charge in [-0.1, -0.05) is 42.5 Å². The zero-order valence-electron chi connectivity index (χ0n) is 14.2. The van der Waals surface area contributed by atoms with Crippen LogP contribution in [0.15, 0.2) is 83.7 Å². The monoisotopic (exact) mass is 355 g/mol. The number of benzene rings is 3. The highest BCUT2D eigenvalue weighted by atomic mass is 19.1. The number of aromatic amines is 1. The van der Waals surface area contributed by atoms with Gasteiger partial charge < -0.3 is 4.98 Å². The van der Waals surface area contributed by atoms with Crippen LogP contribution >= 0.6 is 0 Å². The summed E-state index contributed by atoms with van der Waals surface area (Å²) in [6.45, 7) is 0. The van der Waals surface area contributed by atoms with Crippen molar-refractivity contribution in [3.8, 4) is 22.6 Å². The lowest BCUT2D eigenvalue weighted by atomic mass is 10.1. The van der Waals surface area contributed by atoms with Crippen LogP contribution in [0.5, 0.6) is 0 Å². The Hall–Kier alpha value is -3.73. The predicted octanol–water partition coefficient (Wildman–Crippen LogP) is 4.65. The van der Waals surface area contributed by atoms with Crippen LogP contribution in [0.3, 0.4) is 0 Å². The number of nitrogens with one attached hydrogen (secondary N) is 1. The molecule has 0 saturated carbocycles. The molecule has 2 aromatic heterocycles. The first-order chi connectivity index (χ1) is 13.2. The summed E-state index contributed by atoms with van der Waals surface area (Å²) in [5.41, 5.74) is 4.00. The van der Waals surface area contributed by atoms with E-state index < -0.39 is 0 Å². The van der Waals surface area contributed by atoms with Gasteiger partial charge >= 0.3 is 0 Å². The average Bonchev–Trinajstić information content (AvgIpc) is 3.11. The number of aromatic nitrogens is 3. The third kappa shape index (κ3) is 2.44. The minimum Gasteiger partial charge on any atom is -0.319 e. The molecule has 0 aliphatic carbocycles. The molecule has 27 heavy (non-hydrogen) atoms. The highest BCUT2D eigenvalue weighted by Gasteiger charge is 2.19. The summed E-state index contributed by atoms with van der Waals surface area (Å²) in [6, 6.07) is 23.3. The number of imidazole rings is 1. The maximum absolute atomic E-state index is 13.4. The van der Waals surface area contributed by atoms with Crippen LogP contribution in [-0.4, -0.2) is 14.4 Å². The Morgan fingerprint density at radius 1 is 0.815 bits per heavy atom. The van der Waals surface area contributed by atoms with E-state index in [-0.39, 0.29) is 11.4 Å². The maximum atomic E-state index is 13.4. The minimum absolute atomic E-state index is 0.214. The molecule has 0 fully saturated rings. The van der Waals surface area contributed by atoms with Gasteiger partial charge in [0.15, 0.2) is 0 Å². The van der Waals surface area contributed by atoms with Crippen molar-refractivity contribution < 1.29 is 4.39 Å². The fraction of sp³-hybridized carbons (Fsp3) is 0. The second-order valence-corrected chi connectivity index (χ2v) is 6.31. The van der Waals surface area contributed by atoms with Crippen LogP contribution in [0, 0.1) is 5.82 Å². The van der Waals surface area contributed by atoms with Crippen molar-refractivity contribution in [1.29, 1.82) is 0 Å². The van der Waals surface area contributed by atoms with Crippen LogP contribution < -0.4 is 5.56 Å². The third-order valence-corrected chi connectivity index (χ3v) is 4.64. The molecule has 0 saturated heterocycles. The average molecular weight is 355 g/mol. The molecule has 5 rings (SSSR count). The first-order valence-corrected chi connectivity index (χ1v) is 8.57. The largest absolute Gasteiger partial charge is 0.319 e. The standard InChI is InChI=1S/C22H14FN3O/c23-16-12-10-15(11-13-16)21-25-19(14-6-2-1-3-7-14)20-22(27)24-17-8-4-5-9-18(17)26(20)21/h1-13H,(H,24,27). The summed E-state index contributed by atoms with van der Waals surface area (Å²) < 4.78 is 15.3. The number of nitrogens with zero attached hydrogens (tertiary/aromatic N) is 2. The summed E-state index contributed by atoms with van der Waals surface area (Å²) in [6.07, 6.45) is 0. The quantitative estimate of drug-likeness (QED) is 0.501. The highest BCUT2D eigenvalue weighted by Crippen LogP contribution is 2.30. The highest BCUT2D eigenvalue weighted by molar-refractivity contribution is 5.88. The van der Waals surface area contributed by atoms with Crippen molar-refractivity contribution in [2.75, 3.05) is 0 Å². The van der Waals surface area contributed by atoms with Crippen molar-refractivity contribution in [2.45, 2.75) is 0 Å². The second-order valence-electron chi connectivity index (χ2n) is 6.31. The summed E-state index contributed by atoms with van der Waals surface area (Å²) in [4.78, 5) is 20.6. The maximum Gasteiger partial charge on any atom is 0.275 e. The number of H-pyrrole nitrogens is 1. The first-order valence-electron chi connectivity index (χ1n) is 8.57. The number of hydrogen-bond acceptors (Lipinski definition) is 2. The molecule has 4 nitrogen and oxygen atoms in total. The molecule has 5 aromatic rings. The molecule has 0 amide bonds. The number of fused-ring (bicyclic) bond motifs is 3. The van der Waals surface area contributed by atoms with Crippen LogP contribution in [-0.2, 0) is 0 Å². The third-order valence-electron chi connectivity index (χ3n) is 4.64. The summed E-state index contributed by atoms with van der Waals surface area (Å²) in [7, 11) is 0. The molecular formula is C22H14FN3O. The van der Waals surface area contributed by atoms with Gasteiger partial charge in [0.25, 0.3) is 5.56 Å². The second kappa shape index (κ2) is 5.92. The zero-order chi connectivity index (χ0) is 18.4. The van der Waals surface area contributed by atoms with Crippen molar-refractivity contribution in [3.63, 3.8) is 0 Å². The molecule has 0 bridgehead atoms. The van der Waals surface area contributed by atoms with E-state index in [0.29, 0.717) is 17.0 Å². The molecule has 0 aliphatic rings. The summed E-state index contributed by atoms with van der Waals surface area (Å²) in [5, 5.41) is 0. The lowest BCUT2D eigenvalue weighted by molar-refractivity contribution is 0.628. The SMILES string of the molecule is O=c1[nH]c2ccccc2n2c(-c3ccc(F)cc3)nc(-c3ccccc3)c12. The first kappa shape index (κ1) is 15.5. The fourth-order valence-corrected chi connectivity index (χ4v) is 3.41. The van der Waals surface area contributed by atoms with Crippen LogP contribution in [0.4, 0.5) is 4.39 Å². The lowest BCUT2D eigenvalue weighted by Gasteiger charge is -2.06. The number of hydrogen-bond donors (Lipinski definition) is 1. The van der Waals surface area contributed by atoms with E-state index in [1.54, 1.807) is 12.1 Å². The summed E-state index contributed by atoms with van der Waals surface area (Å²) >= 11 is 0. The topological polar surface area (TPSA) is 50.2 Å². The van der Waals surface area contributed by atoms with Gasteiger partial charge in [-0.3, -0.25) is 9.20 Å². The Balaban J connectivity index is 1.97. The van der Waals surface area contributed by atoms with E-state index in [1.165, 1.54) is 12.1 Å². The Morgan fingerprint density at radius 3 is 2.30 bits per heavy atom. The molecular weight excluding hydrogens is 341 g/mol. The van der Waals surface area contributed by atoms with E-state index in [0.717, 1.165) is 22.2 Å². The van der Waals surface area contributed by atoms with Crippen molar-refractivity contribution >= 4 is 16.6 Å². The molecule has 130 valence electrons. The molecule has 2 heterocycles. The van der Waals surface area contributed by atoms with Gasteiger partial charge in [-0.2, -0.15) is 0 Å². The molecule has 0 radical (unpaired) electrons. The van der Waals surface area contributed by atoms with Gasteiger partial charge in [0.1, 0.15) is 22.9 Å². The molecule has 0 unspecified atom stereocenters. The number of halogens is 1. The normalized spacial score (nSPS) is 11.3. The van der Waals surface area contributed by atoms with Gasteiger partial charge in [-0.25, -0.2) is 9.37 Å². The van der Waals surface area contributed by atoms with E-state index in [9.17, 15) is 9.18 Å². The van der Waals surface area contributed by atoms with Gasteiger partial charge in [0.05, 0.1) is 11.0 Å². The van der Waals surface area contributed by atoms with Gasteiger partial charge in [-0.15, -0.1) is 0 Å². The van der Waals surface area contributed by atoms with Crippen molar-refractivity contribution in [1.82, 2.24) is 14.4 Å². The summed E-state index contributed by atoms with van der Waals surface area (Å²) in [5.74, 6) is 0.289. The Labute approximate surface area is 153 Å². The Kier molecular flexibility index (Phi) is 3.40. The van der Waals surface area contributed by atoms with Crippen molar-refractivity contribution in [2.24, 2.45) is 0 Å². The molecule has 3 aromatic carbocycles. The zero-order valence-corrected chi connectivity index (χ0v) is 14.2. The van der Waals surface area contributed by atoms with Gasteiger partial charge in [0.2, 0.25) is 0 Å². The fourth-order valence-electron chi connectivity index (χ4n) is 3.41. The van der Waals surface area contributed by atoms with E-state index in [1.807, 2.05) is 59.0 Å². The molecule has 0 spiro atoms. The Bertz CT molecular complexity index is 1340. The van der Waals surface area contributed by atoms with Crippen LogP contribution in [0.25, 0.3) is 39.2 Å². The lowest BCUT2D eigenvalue weighted by Crippen LogP contribution is -2.11. The Morgan fingerprint density at radius 2 is 1.52 bits per heavy atom. The van der Waals surface area contributed by atoms with Crippen LogP contribution in [0.2, 0.25) is 0 Å². The van der Waals surface area contributed by atoms with Gasteiger partial charge in [0, 0.05) is 11.1 Å². The molecule has 1 N–H and O–H groups in total. The number of para-hydroxylation sites is 2. The molecule has 0 aliphatic heterocycles.